The van der Waals surface area contributed by atoms with Crippen LogP contribution in [-0.2, 0) is 0 Å². The number of rotatable bonds is 5. The van der Waals surface area contributed by atoms with Crippen LogP contribution in [0.2, 0.25) is 0 Å². The van der Waals surface area contributed by atoms with Crippen LogP contribution < -0.4 is 5.32 Å². The molecule has 4 N–H and O–H groups in total. The molecule has 2 aromatic rings. The fraction of sp³-hybridized carbons (Fsp3) is 0.467. The third-order valence-corrected chi connectivity index (χ3v) is 3.61. The summed E-state index contributed by atoms with van der Waals surface area (Å²) in [5.41, 5.74) is 0.882. The Labute approximate surface area is 132 Å². The highest BCUT2D eigenvalue weighted by Crippen LogP contribution is 2.22. The number of aliphatic hydroxyl groups excluding tert-OH is 1. The van der Waals surface area contributed by atoms with E-state index in [0.29, 0.717) is 28.8 Å². The number of imidazole rings is 1. The number of fused-ring (bicyclic) bond motifs is 1. The van der Waals surface area contributed by atoms with Crippen molar-refractivity contribution in [2.24, 2.45) is 5.41 Å². The highest BCUT2D eigenvalue weighted by atomic mass is 32.1. The minimum atomic E-state index is -0.508. The van der Waals surface area contributed by atoms with Crippen LogP contribution in [0.5, 0.6) is 0 Å². The molecule has 1 aromatic heterocycles. The second-order valence-electron chi connectivity index (χ2n) is 6.36. The molecule has 0 aliphatic heterocycles. The Morgan fingerprint density at radius 2 is 2.14 bits per heavy atom. The zero-order valence-corrected chi connectivity index (χ0v) is 13.6. The number of carbonyl (C=O) groups excluding carboxylic acids is 1. The first-order valence-corrected chi connectivity index (χ1v) is 7.46. The van der Waals surface area contributed by atoms with Gasteiger partial charge in [-0.2, -0.15) is 0 Å². The van der Waals surface area contributed by atoms with Crippen molar-refractivity contribution >= 4 is 29.2 Å². The summed E-state index contributed by atoms with van der Waals surface area (Å²) in [6, 6.07) is 2.47. The summed E-state index contributed by atoms with van der Waals surface area (Å²) in [6.07, 6.45) is 0.104. The zero-order valence-electron chi connectivity index (χ0n) is 12.8. The van der Waals surface area contributed by atoms with Crippen molar-refractivity contribution in [2.45, 2.75) is 33.3 Å². The van der Waals surface area contributed by atoms with Gasteiger partial charge in [0.1, 0.15) is 5.82 Å². The van der Waals surface area contributed by atoms with E-state index in [1.54, 1.807) is 6.92 Å². The van der Waals surface area contributed by atoms with Crippen molar-refractivity contribution in [3.8, 4) is 0 Å². The summed E-state index contributed by atoms with van der Waals surface area (Å²) < 4.78 is 14.0. The van der Waals surface area contributed by atoms with Crippen LogP contribution in [-0.4, -0.2) is 33.6 Å². The summed E-state index contributed by atoms with van der Waals surface area (Å²) >= 11 is 4.98. The smallest absolute Gasteiger partial charge is 0.253 e. The SMILES string of the molecule is CC(O)CC(C)(C)CNC(=O)c1cc(F)cc2[nH]c(=S)[nH]c12. The molecule has 5 nitrogen and oxygen atoms in total. The fourth-order valence-electron chi connectivity index (χ4n) is 2.57. The van der Waals surface area contributed by atoms with E-state index < -0.39 is 11.9 Å². The molecule has 1 heterocycles. The Morgan fingerprint density at radius 3 is 2.77 bits per heavy atom. The molecule has 22 heavy (non-hydrogen) atoms. The lowest BCUT2D eigenvalue weighted by Crippen LogP contribution is -2.35. The van der Waals surface area contributed by atoms with Gasteiger partial charge in [-0.15, -0.1) is 0 Å². The Bertz CT molecular complexity index is 749. The van der Waals surface area contributed by atoms with E-state index in [1.165, 1.54) is 12.1 Å². The molecule has 1 unspecified atom stereocenters. The topological polar surface area (TPSA) is 80.9 Å². The Hall–Kier alpha value is -1.73. The number of amides is 1. The number of carbonyl (C=O) groups is 1. The lowest BCUT2D eigenvalue weighted by molar-refractivity contribution is 0.0903. The van der Waals surface area contributed by atoms with Crippen LogP contribution in [0.15, 0.2) is 12.1 Å². The molecule has 0 radical (unpaired) electrons. The molecule has 0 saturated carbocycles. The second-order valence-corrected chi connectivity index (χ2v) is 6.76. The summed E-state index contributed by atoms with van der Waals surface area (Å²) in [5, 5.41) is 12.3. The first-order valence-electron chi connectivity index (χ1n) is 7.06. The van der Waals surface area contributed by atoms with Gasteiger partial charge in [0.25, 0.3) is 5.91 Å². The molecular weight excluding hydrogens is 305 g/mol. The molecule has 0 bridgehead atoms. The van der Waals surface area contributed by atoms with E-state index >= 15 is 0 Å². The number of nitrogens with one attached hydrogen (secondary N) is 3. The number of aromatic nitrogens is 2. The number of hydrogen-bond acceptors (Lipinski definition) is 3. The highest BCUT2D eigenvalue weighted by Gasteiger charge is 2.22. The molecule has 1 aromatic carbocycles. The molecule has 2 rings (SSSR count). The van der Waals surface area contributed by atoms with Crippen LogP contribution in [0.1, 0.15) is 37.6 Å². The maximum Gasteiger partial charge on any atom is 0.253 e. The summed E-state index contributed by atoms with van der Waals surface area (Å²) in [6.45, 7) is 5.98. The number of hydrogen-bond donors (Lipinski definition) is 4. The van der Waals surface area contributed by atoms with Crippen molar-refractivity contribution in [3.05, 3.63) is 28.3 Å². The zero-order chi connectivity index (χ0) is 16.5. The molecule has 0 aliphatic carbocycles. The monoisotopic (exact) mass is 325 g/mol. The van der Waals surface area contributed by atoms with Crippen LogP contribution >= 0.6 is 12.2 Å². The Kier molecular flexibility index (Phi) is 4.67. The first-order chi connectivity index (χ1) is 10.2. The van der Waals surface area contributed by atoms with Crippen molar-refractivity contribution in [3.63, 3.8) is 0 Å². The van der Waals surface area contributed by atoms with Gasteiger partial charge in [-0.05, 0) is 43.1 Å². The van der Waals surface area contributed by atoms with Gasteiger partial charge in [-0.1, -0.05) is 13.8 Å². The average Bonchev–Trinajstić information content (AvgIpc) is 2.73. The van der Waals surface area contributed by atoms with Crippen LogP contribution in [0.25, 0.3) is 11.0 Å². The van der Waals surface area contributed by atoms with Crippen LogP contribution in [0.3, 0.4) is 0 Å². The van der Waals surface area contributed by atoms with Gasteiger partial charge in [-0.25, -0.2) is 4.39 Å². The number of benzene rings is 1. The van der Waals surface area contributed by atoms with Gasteiger partial charge in [0, 0.05) is 6.54 Å². The molecule has 1 amide bonds. The van der Waals surface area contributed by atoms with Gasteiger partial charge in [-0.3, -0.25) is 4.79 Å². The molecular formula is C15H20FN3O2S. The number of H-pyrrole nitrogens is 2. The molecule has 120 valence electrons. The largest absolute Gasteiger partial charge is 0.393 e. The normalized spacial score (nSPS) is 13.3. The van der Waals surface area contributed by atoms with Crippen LogP contribution in [0.4, 0.5) is 4.39 Å². The van der Waals surface area contributed by atoms with E-state index in [2.05, 4.69) is 15.3 Å². The van der Waals surface area contributed by atoms with Crippen molar-refractivity contribution in [1.29, 1.82) is 0 Å². The quantitative estimate of drug-likeness (QED) is 0.638. The lowest BCUT2D eigenvalue weighted by atomic mass is 9.87. The Balaban J connectivity index is 2.21. The summed E-state index contributed by atoms with van der Waals surface area (Å²) in [7, 11) is 0. The molecule has 0 aliphatic rings. The highest BCUT2D eigenvalue weighted by molar-refractivity contribution is 7.71. The van der Waals surface area contributed by atoms with Gasteiger partial charge < -0.3 is 20.4 Å². The third-order valence-electron chi connectivity index (χ3n) is 3.41. The second kappa shape index (κ2) is 6.18. The summed E-state index contributed by atoms with van der Waals surface area (Å²) in [5.74, 6) is -0.889. The number of aromatic amines is 2. The van der Waals surface area contributed by atoms with Gasteiger partial charge >= 0.3 is 0 Å². The maximum atomic E-state index is 13.6. The number of aliphatic hydroxyl groups is 1. The predicted octanol–water partition coefficient (Wildman–Crippen LogP) is 2.89. The van der Waals surface area contributed by atoms with E-state index in [1.807, 2.05) is 13.8 Å². The van der Waals surface area contributed by atoms with Crippen molar-refractivity contribution in [1.82, 2.24) is 15.3 Å². The van der Waals surface area contributed by atoms with Gasteiger partial charge in [0.05, 0.1) is 22.7 Å². The van der Waals surface area contributed by atoms with Crippen molar-refractivity contribution in [2.75, 3.05) is 6.54 Å². The molecule has 7 heteroatoms. The van der Waals surface area contributed by atoms with E-state index in [9.17, 15) is 14.3 Å². The molecule has 0 spiro atoms. The van der Waals surface area contributed by atoms with Gasteiger partial charge in [0.15, 0.2) is 4.77 Å². The minimum absolute atomic E-state index is 0.204. The standard InChI is InChI=1S/C15H20FN3O2S/c1-8(20)6-15(2,3)7-17-13(21)10-4-9(16)5-11-12(10)19-14(22)18-11/h4-5,8,20H,6-7H2,1-3H3,(H,17,21)(H2,18,19,22). The maximum absolute atomic E-state index is 13.6. The molecule has 0 fully saturated rings. The molecule has 0 saturated heterocycles. The van der Waals surface area contributed by atoms with E-state index in [-0.39, 0.29) is 16.9 Å². The lowest BCUT2D eigenvalue weighted by Gasteiger charge is -2.26. The minimum Gasteiger partial charge on any atom is -0.393 e. The fourth-order valence-corrected chi connectivity index (χ4v) is 2.78. The number of halogens is 1. The Morgan fingerprint density at radius 1 is 1.45 bits per heavy atom. The van der Waals surface area contributed by atoms with Crippen molar-refractivity contribution < 1.29 is 14.3 Å². The third kappa shape index (κ3) is 3.92. The summed E-state index contributed by atoms with van der Waals surface area (Å²) in [4.78, 5) is 18.0. The predicted molar refractivity (Wildman–Crippen MR) is 85.9 cm³/mol. The van der Waals surface area contributed by atoms with E-state index in [0.717, 1.165) is 0 Å². The average molecular weight is 325 g/mol. The first kappa shape index (κ1) is 16.6. The van der Waals surface area contributed by atoms with Crippen LogP contribution in [0, 0.1) is 16.0 Å². The van der Waals surface area contributed by atoms with E-state index in [4.69, 9.17) is 12.2 Å². The van der Waals surface area contributed by atoms with Gasteiger partial charge in [0.2, 0.25) is 0 Å². The molecule has 1 atom stereocenters.